The molecular weight excluding hydrogens is 366 g/mol. The van der Waals surface area contributed by atoms with Gasteiger partial charge in [0.2, 0.25) is 17.6 Å². The summed E-state index contributed by atoms with van der Waals surface area (Å²) in [6.07, 6.45) is 1.93. The molecule has 2 saturated heterocycles. The Morgan fingerprint density at radius 3 is 2.78 bits per heavy atom. The van der Waals surface area contributed by atoms with Crippen molar-refractivity contribution >= 4 is 17.5 Å². The standard InChI is InChI=1S/C19H24ClN5O2/c20-15-3-1-14(2-4-15)19-22-17(27-23-19)5-6-18(26)25-10-7-16(13-25)24-11-8-21-9-12-24/h1-4,16,21H,5-13H2. The van der Waals surface area contributed by atoms with Crippen LogP contribution in [0, 0.1) is 0 Å². The lowest BCUT2D eigenvalue weighted by Gasteiger charge is -2.32. The van der Waals surface area contributed by atoms with Gasteiger partial charge in [-0.1, -0.05) is 16.8 Å². The van der Waals surface area contributed by atoms with Crippen LogP contribution in [0.3, 0.4) is 0 Å². The molecule has 7 nitrogen and oxygen atoms in total. The molecule has 0 spiro atoms. The molecular formula is C19H24ClN5O2. The highest BCUT2D eigenvalue weighted by molar-refractivity contribution is 6.30. The van der Waals surface area contributed by atoms with Gasteiger partial charge < -0.3 is 14.7 Å². The van der Waals surface area contributed by atoms with Crippen LogP contribution < -0.4 is 5.32 Å². The van der Waals surface area contributed by atoms with E-state index in [0.717, 1.165) is 51.3 Å². The van der Waals surface area contributed by atoms with Crippen molar-refractivity contribution in [1.82, 2.24) is 25.3 Å². The summed E-state index contributed by atoms with van der Waals surface area (Å²) < 4.78 is 5.30. The third-order valence-electron chi connectivity index (χ3n) is 5.31. The van der Waals surface area contributed by atoms with E-state index < -0.39 is 0 Å². The van der Waals surface area contributed by atoms with Crippen molar-refractivity contribution < 1.29 is 9.32 Å². The first-order valence-electron chi connectivity index (χ1n) is 9.50. The fourth-order valence-corrected chi connectivity index (χ4v) is 3.88. The van der Waals surface area contributed by atoms with Crippen molar-refractivity contribution in [3.63, 3.8) is 0 Å². The molecule has 2 aromatic rings. The van der Waals surface area contributed by atoms with Gasteiger partial charge in [0.05, 0.1) is 0 Å². The van der Waals surface area contributed by atoms with Crippen molar-refractivity contribution in [2.24, 2.45) is 0 Å². The van der Waals surface area contributed by atoms with Gasteiger partial charge in [-0.15, -0.1) is 0 Å². The van der Waals surface area contributed by atoms with E-state index in [2.05, 4.69) is 20.4 Å². The second-order valence-corrected chi connectivity index (χ2v) is 7.52. The summed E-state index contributed by atoms with van der Waals surface area (Å²) in [5.74, 6) is 1.18. The maximum atomic E-state index is 12.6. The van der Waals surface area contributed by atoms with Crippen LogP contribution >= 0.6 is 11.6 Å². The zero-order valence-electron chi connectivity index (χ0n) is 15.2. The Morgan fingerprint density at radius 1 is 1.22 bits per heavy atom. The first-order chi connectivity index (χ1) is 13.2. The van der Waals surface area contributed by atoms with Crippen LogP contribution in [0.5, 0.6) is 0 Å². The van der Waals surface area contributed by atoms with Gasteiger partial charge in [0.1, 0.15) is 0 Å². The van der Waals surface area contributed by atoms with E-state index in [0.29, 0.717) is 35.6 Å². The highest BCUT2D eigenvalue weighted by Crippen LogP contribution is 2.20. The van der Waals surface area contributed by atoms with Gasteiger partial charge in [-0.05, 0) is 30.7 Å². The summed E-state index contributed by atoms with van der Waals surface area (Å²) in [7, 11) is 0. The van der Waals surface area contributed by atoms with Crippen LogP contribution in [0.4, 0.5) is 0 Å². The SMILES string of the molecule is O=C(CCc1nc(-c2ccc(Cl)cc2)no1)N1CCC(N2CCNCC2)C1. The number of hydrogen-bond acceptors (Lipinski definition) is 6. The highest BCUT2D eigenvalue weighted by atomic mass is 35.5. The maximum Gasteiger partial charge on any atom is 0.227 e. The molecule has 0 aliphatic carbocycles. The number of likely N-dealkylation sites (tertiary alicyclic amines) is 1. The molecule has 1 N–H and O–H groups in total. The Hall–Kier alpha value is -1.96. The van der Waals surface area contributed by atoms with Crippen molar-refractivity contribution in [3.05, 3.63) is 35.2 Å². The minimum absolute atomic E-state index is 0.166. The van der Waals surface area contributed by atoms with Gasteiger partial charge in [-0.25, -0.2) is 0 Å². The van der Waals surface area contributed by atoms with E-state index in [-0.39, 0.29) is 5.91 Å². The Bertz CT molecular complexity index is 773. The van der Waals surface area contributed by atoms with Gasteiger partial charge in [0.25, 0.3) is 0 Å². The molecule has 8 heteroatoms. The molecule has 2 fully saturated rings. The second-order valence-electron chi connectivity index (χ2n) is 7.09. The Balaban J connectivity index is 1.28. The van der Waals surface area contributed by atoms with Crippen molar-refractivity contribution in [2.45, 2.75) is 25.3 Å². The normalized spacial score (nSPS) is 20.9. The molecule has 1 aromatic heterocycles. The molecule has 2 aliphatic heterocycles. The quantitative estimate of drug-likeness (QED) is 0.840. The highest BCUT2D eigenvalue weighted by Gasteiger charge is 2.30. The first-order valence-corrected chi connectivity index (χ1v) is 9.88. The molecule has 4 rings (SSSR count). The van der Waals surface area contributed by atoms with E-state index >= 15 is 0 Å². The van der Waals surface area contributed by atoms with Gasteiger partial charge in [0.15, 0.2) is 0 Å². The van der Waals surface area contributed by atoms with Crippen molar-refractivity contribution in [3.8, 4) is 11.4 Å². The number of amides is 1. The lowest BCUT2D eigenvalue weighted by molar-refractivity contribution is -0.130. The fraction of sp³-hybridized carbons (Fsp3) is 0.526. The topological polar surface area (TPSA) is 74.5 Å². The number of aryl methyl sites for hydroxylation is 1. The molecule has 144 valence electrons. The summed E-state index contributed by atoms with van der Waals surface area (Å²) in [4.78, 5) is 21.4. The van der Waals surface area contributed by atoms with Gasteiger partial charge in [-0.3, -0.25) is 9.69 Å². The lowest BCUT2D eigenvalue weighted by Crippen LogP contribution is -2.49. The third kappa shape index (κ3) is 4.48. The predicted molar refractivity (Wildman–Crippen MR) is 102 cm³/mol. The number of carbonyl (C=O) groups excluding carboxylic acids is 1. The van der Waals surface area contributed by atoms with Crippen molar-refractivity contribution in [2.75, 3.05) is 39.3 Å². The summed E-state index contributed by atoms with van der Waals surface area (Å²) >= 11 is 5.90. The van der Waals surface area contributed by atoms with Crippen LogP contribution in [0.1, 0.15) is 18.7 Å². The Labute approximate surface area is 163 Å². The number of carbonyl (C=O) groups is 1. The minimum Gasteiger partial charge on any atom is -0.341 e. The number of nitrogens with one attached hydrogen (secondary N) is 1. The third-order valence-corrected chi connectivity index (χ3v) is 5.56. The van der Waals surface area contributed by atoms with Gasteiger partial charge in [0, 0.05) is 68.7 Å². The molecule has 0 bridgehead atoms. The minimum atomic E-state index is 0.166. The monoisotopic (exact) mass is 389 g/mol. The molecule has 3 heterocycles. The van der Waals surface area contributed by atoms with E-state index in [4.69, 9.17) is 16.1 Å². The zero-order chi connectivity index (χ0) is 18.6. The summed E-state index contributed by atoms with van der Waals surface area (Å²) in [5, 5.41) is 8.04. The summed E-state index contributed by atoms with van der Waals surface area (Å²) in [6.45, 7) is 5.89. The Morgan fingerprint density at radius 2 is 2.00 bits per heavy atom. The van der Waals surface area contributed by atoms with E-state index in [9.17, 15) is 4.79 Å². The average molecular weight is 390 g/mol. The van der Waals surface area contributed by atoms with Crippen LogP contribution in [0.15, 0.2) is 28.8 Å². The number of hydrogen-bond donors (Lipinski definition) is 1. The molecule has 1 aromatic carbocycles. The zero-order valence-corrected chi connectivity index (χ0v) is 16.0. The van der Waals surface area contributed by atoms with Gasteiger partial charge >= 0.3 is 0 Å². The smallest absolute Gasteiger partial charge is 0.227 e. The largest absolute Gasteiger partial charge is 0.341 e. The van der Waals surface area contributed by atoms with Crippen LogP contribution in [0.25, 0.3) is 11.4 Å². The summed E-state index contributed by atoms with van der Waals surface area (Å²) in [6, 6.07) is 7.78. The first kappa shape index (κ1) is 18.4. The number of benzene rings is 1. The molecule has 0 radical (unpaired) electrons. The average Bonchev–Trinajstić information content (AvgIpc) is 3.37. The number of piperazine rings is 1. The summed E-state index contributed by atoms with van der Waals surface area (Å²) in [5.41, 5.74) is 0.846. The number of nitrogens with zero attached hydrogens (tertiary/aromatic N) is 4. The number of halogens is 1. The molecule has 2 aliphatic rings. The van der Waals surface area contributed by atoms with E-state index in [1.165, 1.54) is 0 Å². The number of rotatable bonds is 5. The van der Waals surface area contributed by atoms with Crippen LogP contribution in [-0.2, 0) is 11.2 Å². The second kappa shape index (κ2) is 8.37. The molecule has 0 saturated carbocycles. The van der Waals surface area contributed by atoms with Gasteiger partial charge in [-0.2, -0.15) is 4.98 Å². The van der Waals surface area contributed by atoms with Crippen LogP contribution in [0.2, 0.25) is 5.02 Å². The molecule has 1 amide bonds. The molecule has 27 heavy (non-hydrogen) atoms. The maximum absolute atomic E-state index is 12.6. The Kier molecular flexibility index (Phi) is 5.71. The molecule has 1 atom stereocenters. The van der Waals surface area contributed by atoms with E-state index in [1.807, 2.05) is 17.0 Å². The van der Waals surface area contributed by atoms with Crippen molar-refractivity contribution in [1.29, 1.82) is 0 Å². The lowest BCUT2D eigenvalue weighted by atomic mass is 10.2. The number of aromatic nitrogens is 2. The predicted octanol–water partition coefficient (Wildman–Crippen LogP) is 1.83. The fourth-order valence-electron chi connectivity index (χ4n) is 3.76. The van der Waals surface area contributed by atoms with E-state index in [1.54, 1.807) is 12.1 Å². The molecule has 1 unspecified atom stereocenters. The van der Waals surface area contributed by atoms with Crippen LogP contribution in [-0.4, -0.2) is 71.2 Å².